The number of amides is 1. The predicted molar refractivity (Wildman–Crippen MR) is 80.4 cm³/mol. The summed E-state index contributed by atoms with van der Waals surface area (Å²) < 4.78 is 5.21. The molecule has 22 heavy (non-hydrogen) atoms. The second kappa shape index (κ2) is 6.89. The maximum atomic E-state index is 12.5. The van der Waals surface area contributed by atoms with Crippen LogP contribution in [0.15, 0.2) is 40.9 Å². The molecule has 0 saturated carbocycles. The van der Waals surface area contributed by atoms with Crippen molar-refractivity contribution in [2.45, 2.75) is 26.3 Å². The molecule has 0 saturated heterocycles. The Hall–Kier alpha value is -2.63. The van der Waals surface area contributed by atoms with Gasteiger partial charge in [-0.15, -0.1) is 0 Å². The maximum Gasteiger partial charge on any atom is 0.305 e. The third kappa shape index (κ3) is 3.72. The zero-order chi connectivity index (χ0) is 16.1. The van der Waals surface area contributed by atoms with Gasteiger partial charge in [0.15, 0.2) is 11.5 Å². The minimum Gasteiger partial charge on any atom is -0.481 e. The summed E-state index contributed by atoms with van der Waals surface area (Å²) in [5, 5.41) is 12.6. The summed E-state index contributed by atoms with van der Waals surface area (Å²) in [6, 6.07) is 10.8. The second-order valence-electron chi connectivity index (χ2n) is 5.18. The second-order valence-corrected chi connectivity index (χ2v) is 5.18. The van der Waals surface area contributed by atoms with Crippen LogP contribution in [0.5, 0.6) is 0 Å². The summed E-state index contributed by atoms with van der Waals surface area (Å²) in [7, 11) is 0. The topological polar surface area (TPSA) is 83.6 Å². The summed E-state index contributed by atoms with van der Waals surface area (Å²) in [6.07, 6.45) is -0.104. The lowest BCUT2D eigenvalue weighted by Gasteiger charge is -2.24. The summed E-state index contributed by atoms with van der Waals surface area (Å²) in [4.78, 5) is 24.6. The first-order chi connectivity index (χ1) is 10.5. The molecule has 0 fully saturated rings. The Balaban J connectivity index is 2.17. The molecule has 0 aliphatic rings. The first-order valence-corrected chi connectivity index (χ1v) is 7.04. The number of nitrogens with zero attached hydrogens (tertiary/aromatic N) is 2. The van der Waals surface area contributed by atoms with Crippen molar-refractivity contribution in [2.24, 2.45) is 0 Å². The van der Waals surface area contributed by atoms with Gasteiger partial charge in [0.2, 0.25) is 0 Å². The Labute approximate surface area is 128 Å². The highest BCUT2D eigenvalue weighted by atomic mass is 16.5. The molecule has 6 heteroatoms. The van der Waals surface area contributed by atoms with Crippen LogP contribution in [0.1, 0.15) is 30.8 Å². The lowest BCUT2D eigenvalue weighted by molar-refractivity contribution is -0.137. The van der Waals surface area contributed by atoms with Crippen LogP contribution in [0.2, 0.25) is 0 Å². The Morgan fingerprint density at radius 1 is 1.27 bits per heavy atom. The molecule has 0 aliphatic carbocycles. The first-order valence-electron chi connectivity index (χ1n) is 7.04. The highest BCUT2D eigenvalue weighted by Crippen LogP contribution is 2.20. The number of carboxylic acids is 1. The lowest BCUT2D eigenvalue weighted by atomic mass is 10.1. The quantitative estimate of drug-likeness (QED) is 0.887. The van der Waals surface area contributed by atoms with Crippen molar-refractivity contribution < 1.29 is 19.2 Å². The zero-order valence-electron chi connectivity index (χ0n) is 12.5. The molecule has 2 aromatic rings. The largest absolute Gasteiger partial charge is 0.481 e. The fourth-order valence-electron chi connectivity index (χ4n) is 2.07. The summed E-state index contributed by atoms with van der Waals surface area (Å²) in [6.45, 7) is 3.80. The zero-order valence-corrected chi connectivity index (χ0v) is 12.5. The molecule has 1 N–H and O–H groups in total. The van der Waals surface area contributed by atoms with Gasteiger partial charge in [-0.05, 0) is 13.8 Å². The van der Waals surface area contributed by atoms with Gasteiger partial charge in [-0.2, -0.15) is 0 Å². The van der Waals surface area contributed by atoms with E-state index in [-0.39, 0.29) is 30.6 Å². The molecule has 0 atom stereocenters. The van der Waals surface area contributed by atoms with E-state index in [0.717, 1.165) is 5.56 Å². The van der Waals surface area contributed by atoms with Crippen molar-refractivity contribution in [1.82, 2.24) is 10.1 Å². The molecular formula is C16H18N2O4. The minimum absolute atomic E-state index is 0.104. The smallest absolute Gasteiger partial charge is 0.305 e. The van der Waals surface area contributed by atoms with E-state index in [1.807, 2.05) is 44.2 Å². The Morgan fingerprint density at radius 2 is 1.95 bits per heavy atom. The number of carboxylic acid groups (broad SMARTS) is 1. The number of benzene rings is 1. The van der Waals surface area contributed by atoms with Crippen LogP contribution in [-0.2, 0) is 4.79 Å². The van der Waals surface area contributed by atoms with Gasteiger partial charge in [0, 0.05) is 24.2 Å². The molecular weight excluding hydrogens is 284 g/mol. The van der Waals surface area contributed by atoms with Gasteiger partial charge in [-0.25, -0.2) is 0 Å². The van der Waals surface area contributed by atoms with E-state index in [0.29, 0.717) is 5.76 Å². The normalized spacial score (nSPS) is 10.7. The van der Waals surface area contributed by atoms with Crippen LogP contribution in [0.3, 0.4) is 0 Å². The Morgan fingerprint density at radius 3 is 2.55 bits per heavy atom. The Bertz CT molecular complexity index is 649. The summed E-state index contributed by atoms with van der Waals surface area (Å²) in [5.41, 5.74) is 1.01. The van der Waals surface area contributed by atoms with Gasteiger partial charge in [-0.1, -0.05) is 35.5 Å². The van der Waals surface area contributed by atoms with Crippen molar-refractivity contribution >= 4 is 11.9 Å². The number of carbonyl (C=O) groups excluding carboxylic acids is 1. The number of rotatable bonds is 6. The van der Waals surface area contributed by atoms with Gasteiger partial charge in [0.05, 0.1) is 6.42 Å². The molecule has 1 aromatic heterocycles. The fraction of sp³-hybridized carbons (Fsp3) is 0.312. The first kappa shape index (κ1) is 15.8. The van der Waals surface area contributed by atoms with E-state index in [1.54, 1.807) is 6.07 Å². The molecule has 1 aromatic carbocycles. The molecule has 0 spiro atoms. The van der Waals surface area contributed by atoms with E-state index in [4.69, 9.17) is 9.63 Å². The lowest BCUT2D eigenvalue weighted by Crippen LogP contribution is -2.38. The van der Waals surface area contributed by atoms with Crippen LogP contribution in [0, 0.1) is 0 Å². The third-order valence-corrected chi connectivity index (χ3v) is 3.24. The summed E-state index contributed by atoms with van der Waals surface area (Å²) in [5.74, 6) is -0.767. The van der Waals surface area contributed by atoms with Crippen molar-refractivity contribution in [2.75, 3.05) is 6.54 Å². The monoisotopic (exact) mass is 302 g/mol. The molecule has 1 heterocycles. The fourth-order valence-corrected chi connectivity index (χ4v) is 2.07. The van der Waals surface area contributed by atoms with Crippen LogP contribution < -0.4 is 0 Å². The maximum absolute atomic E-state index is 12.5. The molecule has 0 radical (unpaired) electrons. The van der Waals surface area contributed by atoms with Crippen molar-refractivity contribution in [3.8, 4) is 11.3 Å². The molecule has 0 unspecified atom stereocenters. The van der Waals surface area contributed by atoms with Crippen LogP contribution in [0.4, 0.5) is 0 Å². The molecule has 0 aliphatic heterocycles. The van der Waals surface area contributed by atoms with Crippen molar-refractivity contribution in [3.05, 3.63) is 42.1 Å². The standard InChI is InChI=1S/C16H18N2O4/c1-11(2)18(9-8-15(19)20)16(21)13-10-14(22-17-13)12-6-4-3-5-7-12/h3-7,10-11H,8-9H2,1-2H3,(H,19,20). The number of carbonyl (C=O) groups is 2. The van der Waals surface area contributed by atoms with Gasteiger partial charge in [-0.3, -0.25) is 9.59 Å². The highest BCUT2D eigenvalue weighted by Gasteiger charge is 2.23. The molecule has 116 valence electrons. The number of aromatic nitrogens is 1. The number of aliphatic carboxylic acids is 1. The average molecular weight is 302 g/mol. The SMILES string of the molecule is CC(C)N(CCC(=O)O)C(=O)c1cc(-c2ccccc2)on1. The predicted octanol–water partition coefficient (Wildman–Crippen LogP) is 2.67. The van der Waals surface area contributed by atoms with Gasteiger partial charge < -0.3 is 14.5 Å². The number of hydrogen-bond acceptors (Lipinski definition) is 4. The average Bonchev–Trinajstić information content (AvgIpc) is 2.97. The molecule has 1 amide bonds. The molecule has 2 rings (SSSR count). The van der Waals surface area contributed by atoms with E-state index in [9.17, 15) is 9.59 Å². The van der Waals surface area contributed by atoms with Crippen LogP contribution in [-0.4, -0.2) is 39.6 Å². The van der Waals surface area contributed by atoms with E-state index >= 15 is 0 Å². The third-order valence-electron chi connectivity index (χ3n) is 3.24. The Kier molecular flexibility index (Phi) is 4.93. The van der Waals surface area contributed by atoms with E-state index < -0.39 is 5.97 Å². The van der Waals surface area contributed by atoms with Gasteiger partial charge >= 0.3 is 5.97 Å². The molecule has 6 nitrogen and oxygen atoms in total. The minimum atomic E-state index is -0.941. The van der Waals surface area contributed by atoms with Crippen molar-refractivity contribution in [1.29, 1.82) is 0 Å². The summed E-state index contributed by atoms with van der Waals surface area (Å²) >= 11 is 0. The van der Waals surface area contributed by atoms with Crippen molar-refractivity contribution in [3.63, 3.8) is 0 Å². The number of hydrogen-bond donors (Lipinski definition) is 1. The van der Waals surface area contributed by atoms with E-state index in [1.165, 1.54) is 4.90 Å². The van der Waals surface area contributed by atoms with Crippen LogP contribution >= 0.6 is 0 Å². The van der Waals surface area contributed by atoms with E-state index in [2.05, 4.69) is 5.16 Å². The molecule has 0 bridgehead atoms. The van der Waals surface area contributed by atoms with Gasteiger partial charge in [0.25, 0.3) is 5.91 Å². The van der Waals surface area contributed by atoms with Gasteiger partial charge in [0.1, 0.15) is 0 Å². The highest BCUT2D eigenvalue weighted by molar-refractivity contribution is 5.93. The van der Waals surface area contributed by atoms with Crippen LogP contribution in [0.25, 0.3) is 11.3 Å².